The molecule has 5 heteroatoms. The lowest BCUT2D eigenvalue weighted by Gasteiger charge is -2.25. The van der Waals surface area contributed by atoms with Crippen molar-refractivity contribution in [3.63, 3.8) is 0 Å². The van der Waals surface area contributed by atoms with Gasteiger partial charge in [-0.2, -0.15) is 0 Å². The molecule has 4 nitrogen and oxygen atoms in total. The molecular weight excluding hydrogens is 273 g/mol. The van der Waals surface area contributed by atoms with Gasteiger partial charge in [-0.05, 0) is 42.8 Å². The largest absolute Gasteiger partial charge is 0.485 e. The summed E-state index contributed by atoms with van der Waals surface area (Å²) in [6, 6.07) is 11.4. The zero-order chi connectivity index (χ0) is 14.8. The Morgan fingerprint density at radius 2 is 2.00 bits per heavy atom. The number of anilines is 1. The van der Waals surface area contributed by atoms with Gasteiger partial charge in [-0.1, -0.05) is 12.1 Å². The molecule has 2 aromatic rings. The Bertz CT molecular complexity index is 687. The van der Waals surface area contributed by atoms with Crippen molar-refractivity contribution in [1.29, 1.82) is 0 Å². The monoisotopic (exact) mass is 287 g/mol. The minimum atomic E-state index is -0.732. The minimum absolute atomic E-state index is 0.142. The second-order valence-corrected chi connectivity index (χ2v) is 4.81. The lowest BCUT2D eigenvalue weighted by Crippen LogP contribution is -2.40. The average molecular weight is 287 g/mol. The Kier molecular flexibility index (Phi) is 3.48. The van der Waals surface area contributed by atoms with E-state index in [0.29, 0.717) is 22.7 Å². The summed E-state index contributed by atoms with van der Waals surface area (Å²) in [5.74, 6) is 0.509. The van der Waals surface area contributed by atoms with E-state index < -0.39 is 6.10 Å². The van der Waals surface area contributed by atoms with Gasteiger partial charge in [0.1, 0.15) is 12.4 Å². The fourth-order valence-electron chi connectivity index (χ4n) is 2.13. The fourth-order valence-corrected chi connectivity index (χ4v) is 2.13. The quantitative estimate of drug-likeness (QED) is 0.924. The van der Waals surface area contributed by atoms with Gasteiger partial charge < -0.3 is 14.8 Å². The maximum atomic E-state index is 13.0. The molecule has 108 valence electrons. The first-order valence-corrected chi connectivity index (χ1v) is 6.59. The maximum absolute atomic E-state index is 13.0. The number of hydrogen-bond acceptors (Lipinski definition) is 3. The first-order chi connectivity index (χ1) is 10.1. The van der Waals surface area contributed by atoms with Gasteiger partial charge in [-0.15, -0.1) is 0 Å². The Balaban J connectivity index is 1.72. The number of carbonyl (C=O) groups is 1. The highest BCUT2D eigenvalue weighted by molar-refractivity contribution is 5.95. The summed E-state index contributed by atoms with van der Waals surface area (Å²) in [5.41, 5.74) is 1.21. The zero-order valence-corrected chi connectivity index (χ0v) is 11.4. The van der Waals surface area contributed by atoms with Crippen LogP contribution in [0.1, 0.15) is 5.56 Å². The summed E-state index contributed by atoms with van der Waals surface area (Å²) in [6.07, 6.45) is -0.732. The third-order valence-corrected chi connectivity index (χ3v) is 3.25. The smallest absolute Gasteiger partial charge is 0.269 e. The molecule has 1 aliphatic rings. The third kappa shape index (κ3) is 2.81. The predicted molar refractivity (Wildman–Crippen MR) is 76.1 cm³/mol. The van der Waals surface area contributed by atoms with Crippen LogP contribution in [0, 0.1) is 12.7 Å². The van der Waals surface area contributed by atoms with Crippen LogP contribution < -0.4 is 14.8 Å². The van der Waals surface area contributed by atoms with Crippen LogP contribution in [0.15, 0.2) is 42.5 Å². The molecule has 0 aliphatic carbocycles. The number of rotatable bonds is 2. The average Bonchev–Trinajstić information content (AvgIpc) is 2.49. The molecule has 0 radical (unpaired) electrons. The van der Waals surface area contributed by atoms with E-state index in [2.05, 4.69) is 5.32 Å². The van der Waals surface area contributed by atoms with E-state index in [1.165, 1.54) is 18.2 Å². The Morgan fingerprint density at radius 3 is 2.76 bits per heavy atom. The van der Waals surface area contributed by atoms with Crippen molar-refractivity contribution in [2.75, 3.05) is 11.9 Å². The van der Waals surface area contributed by atoms with Crippen LogP contribution in [0.3, 0.4) is 0 Å². The number of benzene rings is 2. The molecule has 1 unspecified atom stereocenters. The van der Waals surface area contributed by atoms with Crippen LogP contribution in [0.4, 0.5) is 10.1 Å². The summed E-state index contributed by atoms with van der Waals surface area (Å²) in [7, 11) is 0. The first-order valence-electron chi connectivity index (χ1n) is 6.59. The van der Waals surface area contributed by atoms with Crippen molar-refractivity contribution < 1.29 is 18.7 Å². The number of amides is 1. The van der Waals surface area contributed by atoms with Gasteiger partial charge in [-0.25, -0.2) is 4.39 Å². The third-order valence-electron chi connectivity index (χ3n) is 3.25. The number of halogens is 1. The minimum Gasteiger partial charge on any atom is -0.485 e. The molecule has 0 bridgehead atoms. The van der Waals surface area contributed by atoms with E-state index in [9.17, 15) is 9.18 Å². The molecule has 0 fully saturated rings. The van der Waals surface area contributed by atoms with Crippen molar-refractivity contribution in [2.24, 2.45) is 0 Å². The molecule has 1 N–H and O–H groups in total. The van der Waals surface area contributed by atoms with Crippen molar-refractivity contribution in [2.45, 2.75) is 13.0 Å². The SMILES string of the molecule is Cc1cc(F)ccc1NC(=O)C1COc2ccccc2O1. The van der Waals surface area contributed by atoms with Crippen molar-refractivity contribution >= 4 is 11.6 Å². The van der Waals surface area contributed by atoms with Crippen LogP contribution in [-0.4, -0.2) is 18.6 Å². The van der Waals surface area contributed by atoms with Crippen LogP contribution in [0.2, 0.25) is 0 Å². The molecule has 0 saturated carbocycles. The zero-order valence-electron chi connectivity index (χ0n) is 11.4. The Morgan fingerprint density at radius 1 is 1.24 bits per heavy atom. The summed E-state index contributed by atoms with van der Waals surface area (Å²) >= 11 is 0. The molecule has 3 rings (SSSR count). The molecule has 0 spiro atoms. The van der Waals surface area contributed by atoms with E-state index in [4.69, 9.17) is 9.47 Å². The fraction of sp³-hybridized carbons (Fsp3) is 0.188. The first kappa shape index (κ1) is 13.4. The van der Waals surface area contributed by atoms with Crippen LogP contribution >= 0.6 is 0 Å². The number of carbonyl (C=O) groups excluding carboxylic acids is 1. The second kappa shape index (κ2) is 5.44. The van der Waals surface area contributed by atoms with E-state index in [0.717, 1.165) is 0 Å². The van der Waals surface area contributed by atoms with E-state index in [1.54, 1.807) is 19.1 Å². The van der Waals surface area contributed by atoms with Gasteiger partial charge in [0.25, 0.3) is 5.91 Å². The summed E-state index contributed by atoms with van der Waals surface area (Å²) in [4.78, 5) is 12.2. The van der Waals surface area contributed by atoms with Crippen LogP contribution in [-0.2, 0) is 4.79 Å². The maximum Gasteiger partial charge on any atom is 0.269 e. The molecule has 1 amide bonds. The molecule has 0 saturated heterocycles. The van der Waals surface area contributed by atoms with Gasteiger partial charge >= 0.3 is 0 Å². The van der Waals surface area contributed by atoms with Gasteiger partial charge in [0.05, 0.1) is 0 Å². The van der Waals surface area contributed by atoms with E-state index >= 15 is 0 Å². The number of ether oxygens (including phenoxy) is 2. The highest BCUT2D eigenvalue weighted by Gasteiger charge is 2.27. The normalized spacial score (nSPS) is 16.4. The van der Waals surface area contributed by atoms with Gasteiger partial charge in [0, 0.05) is 5.69 Å². The number of hydrogen-bond donors (Lipinski definition) is 1. The van der Waals surface area contributed by atoms with Crippen molar-refractivity contribution in [3.05, 3.63) is 53.8 Å². The van der Waals surface area contributed by atoms with Gasteiger partial charge in [-0.3, -0.25) is 4.79 Å². The molecule has 1 atom stereocenters. The van der Waals surface area contributed by atoms with Crippen molar-refractivity contribution in [1.82, 2.24) is 0 Å². The molecule has 2 aromatic carbocycles. The lowest BCUT2D eigenvalue weighted by atomic mass is 10.2. The number of aryl methyl sites for hydroxylation is 1. The Labute approximate surface area is 121 Å². The van der Waals surface area contributed by atoms with Gasteiger partial charge in [0.2, 0.25) is 6.10 Å². The molecule has 21 heavy (non-hydrogen) atoms. The summed E-state index contributed by atoms with van der Waals surface area (Å²) in [6.45, 7) is 1.87. The predicted octanol–water partition coefficient (Wildman–Crippen LogP) is 2.91. The number of fused-ring (bicyclic) bond motifs is 1. The summed E-state index contributed by atoms with van der Waals surface area (Å²) < 4.78 is 24.2. The molecule has 1 heterocycles. The highest BCUT2D eigenvalue weighted by atomic mass is 19.1. The molecule has 0 aromatic heterocycles. The number of para-hydroxylation sites is 2. The van der Waals surface area contributed by atoms with E-state index in [1.807, 2.05) is 12.1 Å². The second-order valence-electron chi connectivity index (χ2n) is 4.81. The molecule has 1 aliphatic heterocycles. The highest BCUT2D eigenvalue weighted by Crippen LogP contribution is 2.31. The van der Waals surface area contributed by atoms with Crippen LogP contribution in [0.25, 0.3) is 0 Å². The number of nitrogens with one attached hydrogen (secondary N) is 1. The summed E-state index contributed by atoms with van der Waals surface area (Å²) in [5, 5.41) is 2.73. The topological polar surface area (TPSA) is 47.6 Å². The Hall–Kier alpha value is -2.56. The van der Waals surface area contributed by atoms with Crippen molar-refractivity contribution in [3.8, 4) is 11.5 Å². The molecular formula is C16H14FNO3. The van der Waals surface area contributed by atoms with E-state index in [-0.39, 0.29) is 18.3 Å². The van der Waals surface area contributed by atoms with Crippen LogP contribution in [0.5, 0.6) is 11.5 Å². The van der Waals surface area contributed by atoms with Gasteiger partial charge in [0.15, 0.2) is 11.5 Å². The lowest BCUT2D eigenvalue weighted by molar-refractivity contribution is -0.125. The standard InChI is InChI=1S/C16H14FNO3/c1-10-8-11(17)6-7-12(10)18-16(19)15-9-20-13-4-2-3-5-14(13)21-15/h2-8,15H,9H2,1H3,(H,18,19).